The van der Waals surface area contributed by atoms with Crippen molar-refractivity contribution in [2.75, 3.05) is 5.32 Å². The summed E-state index contributed by atoms with van der Waals surface area (Å²) >= 11 is 3.47. The summed E-state index contributed by atoms with van der Waals surface area (Å²) in [5.41, 5.74) is 3.37. The highest BCUT2D eigenvalue weighted by Crippen LogP contribution is 2.31. The average Bonchev–Trinajstić information content (AvgIpc) is 2.49. The van der Waals surface area contributed by atoms with E-state index in [1.165, 1.54) is 5.56 Å². The van der Waals surface area contributed by atoms with Crippen LogP contribution in [0.2, 0.25) is 0 Å². The van der Waals surface area contributed by atoms with Gasteiger partial charge in [-0.15, -0.1) is 0 Å². The van der Waals surface area contributed by atoms with Crippen LogP contribution in [-0.2, 0) is 6.42 Å². The summed E-state index contributed by atoms with van der Waals surface area (Å²) in [6, 6.07) is 14.2. The Kier molecular flexibility index (Phi) is 5.68. The highest BCUT2D eigenvalue weighted by molar-refractivity contribution is 9.10. The van der Waals surface area contributed by atoms with E-state index in [0.717, 1.165) is 35.0 Å². The zero-order valence-electron chi connectivity index (χ0n) is 12.6. The maximum atomic E-state index is 10.1. The van der Waals surface area contributed by atoms with Crippen LogP contribution in [0, 0.1) is 0 Å². The number of nitrogens with one attached hydrogen (secondary N) is 1. The fraction of sp³-hybridized carbons (Fsp3) is 0.333. The molecule has 2 nitrogen and oxygen atoms in total. The number of phenolic OH excluding ortho intramolecular Hbond substituents is 1. The second kappa shape index (κ2) is 7.51. The Bertz CT molecular complexity index is 580. The van der Waals surface area contributed by atoms with Gasteiger partial charge in [0.05, 0.1) is 6.04 Å². The van der Waals surface area contributed by atoms with Crippen molar-refractivity contribution in [3.8, 4) is 5.75 Å². The molecular weight excluding hydrogens is 326 g/mol. The Morgan fingerprint density at radius 3 is 2.43 bits per heavy atom. The molecule has 21 heavy (non-hydrogen) atoms. The van der Waals surface area contributed by atoms with Crippen LogP contribution in [0.1, 0.15) is 43.9 Å². The van der Waals surface area contributed by atoms with Crippen LogP contribution in [0.4, 0.5) is 5.69 Å². The van der Waals surface area contributed by atoms with Crippen molar-refractivity contribution < 1.29 is 5.11 Å². The average molecular weight is 348 g/mol. The monoisotopic (exact) mass is 347 g/mol. The lowest BCUT2D eigenvalue weighted by Gasteiger charge is -2.20. The molecule has 3 heteroatoms. The first kappa shape index (κ1) is 15.9. The first-order chi connectivity index (χ1) is 10.1. The van der Waals surface area contributed by atoms with E-state index in [0.29, 0.717) is 5.75 Å². The van der Waals surface area contributed by atoms with E-state index in [4.69, 9.17) is 0 Å². The molecule has 0 fully saturated rings. The topological polar surface area (TPSA) is 32.3 Å². The Hall–Kier alpha value is -1.48. The fourth-order valence-corrected chi connectivity index (χ4v) is 2.84. The molecule has 0 spiro atoms. The van der Waals surface area contributed by atoms with Gasteiger partial charge in [0.25, 0.3) is 0 Å². The third-order valence-electron chi connectivity index (χ3n) is 3.61. The van der Waals surface area contributed by atoms with Crippen molar-refractivity contribution >= 4 is 21.6 Å². The van der Waals surface area contributed by atoms with Gasteiger partial charge in [0.15, 0.2) is 0 Å². The summed E-state index contributed by atoms with van der Waals surface area (Å²) in [5.74, 6) is 0.333. The summed E-state index contributed by atoms with van der Waals surface area (Å²) in [4.78, 5) is 0. The van der Waals surface area contributed by atoms with Crippen LogP contribution in [-0.4, -0.2) is 5.11 Å². The Morgan fingerprint density at radius 1 is 1.10 bits per heavy atom. The summed E-state index contributed by atoms with van der Waals surface area (Å²) in [7, 11) is 0. The summed E-state index contributed by atoms with van der Waals surface area (Å²) in [5, 5.41) is 13.6. The fourth-order valence-electron chi connectivity index (χ4n) is 2.46. The lowest BCUT2D eigenvalue weighted by molar-refractivity contribution is 0.462. The second-order valence-electron chi connectivity index (χ2n) is 5.26. The van der Waals surface area contributed by atoms with Crippen molar-refractivity contribution in [1.29, 1.82) is 0 Å². The van der Waals surface area contributed by atoms with Crippen LogP contribution in [0.3, 0.4) is 0 Å². The Labute approximate surface area is 135 Å². The number of hydrogen-bond acceptors (Lipinski definition) is 2. The lowest BCUT2D eigenvalue weighted by atomic mass is 10.0. The minimum Gasteiger partial charge on any atom is -0.508 e. The first-order valence-corrected chi connectivity index (χ1v) is 8.27. The SMILES string of the molecule is CCCc1ccc(NC(CC)c2cc(Br)ccc2O)cc1. The molecule has 2 aromatic rings. The van der Waals surface area contributed by atoms with Crippen LogP contribution in [0.5, 0.6) is 5.75 Å². The van der Waals surface area contributed by atoms with Gasteiger partial charge in [-0.2, -0.15) is 0 Å². The number of phenols is 1. The van der Waals surface area contributed by atoms with Crippen LogP contribution >= 0.6 is 15.9 Å². The zero-order chi connectivity index (χ0) is 15.2. The summed E-state index contributed by atoms with van der Waals surface area (Å²) < 4.78 is 0.980. The number of aryl methyl sites for hydroxylation is 1. The predicted molar refractivity (Wildman–Crippen MR) is 92.9 cm³/mol. The van der Waals surface area contributed by atoms with E-state index in [1.54, 1.807) is 6.07 Å². The van der Waals surface area contributed by atoms with Gasteiger partial charge in [-0.05, 0) is 48.7 Å². The quantitative estimate of drug-likeness (QED) is 0.705. The maximum absolute atomic E-state index is 10.1. The number of aromatic hydroxyl groups is 1. The van der Waals surface area contributed by atoms with Gasteiger partial charge in [-0.1, -0.05) is 48.3 Å². The molecule has 0 amide bonds. The van der Waals surface area contributed by atoms with Crippen LogP contribution in [0.25, 0.3) is 0 Å². The largest absolute Gasteiger partial charge is 0.508 e. The molecule has 2 rings (SSSR count). The van der Waals surface area contributed by atoms with Gasteiger partial charge in [0.2, 0.25) is 0 Å². The van der Waals surface area contributed by atoms with Gasteiger partial charge in [-0.3, -0.25) is 0 Å². The third kappa shape index (κ3) is 4.24. The molecule has 0 aliphatic carbocycles. The molecule has 0 aliphatic rings. The van der Waals surface area contributed by atoms with E-state index in [-0.39, 0.29) is 6.04 Å². The number of benzene rings is 2. The molecule has 0 aliphatic heterocycles. The molecule has 2 aromatic carbocycles. The van der Waals surface area contributed by atoms with Crippen molar-refractivity contribution in [2.45, 2.75) is 39.2 Å². The third-order valence-corrected chi connectivity index (χ3v) is 4.10. The van der Waals surface area contributed by atoms with E-state index >= 15 is 0 Å². The molecule has 0 saturated heterocycles. The number of anilines is 1. The minimum absolute atomic E-state index is 0.0968. The molecule has 0 radical (unpaired) electrons. The van der Waals surface area contributed by atoms with Gasteiger partial charge in [-0.25, -0.2) is 0 Å². The molecular formula is C18H22BrNO. The smallest absolute Gasteiger partial charge is 0.120 e. The molecule has 0 saturated carbocycles. The second-order valence-corrected chi connectivity index (χ2v) is 6.17. The lowest BCUT2D eigenvalue weighted by Crippen LogP contribution is -2.10. The van der Waals surface area contributed by atoms with Gasteiger partial charge in [0.1, 0.15) is 5.75 Å². The molecule has 1 unspecified atom stereocenters. The number of hydrogen-bond donors (Lipinski definition) is 2. The number of rotatable bonds is 6. The molecule has 0 aromatic heterocycles. The normalized spacial score (nSPS) is 12.1. The molecule has 0 bridgehead atoms. The highest BCUT2D eigenvalue weighted by atomic mass is 79.9. The molecule has 112 valence electrons. The van der Waals surface area contributed by atoms with Crippen molar-refractivity contribution in [3.05, 3.63) is 58.1 Å². The highest BCUT2D eigenvalue weighted by Gasteiger charge is 2.14. The number of halogens is 1. The predicted octanol–water partition coefficient (Wildman–Crippen LogP) is 5.67. The maximum Gasteiger partial charge on any atom is 0.120 e. The summed E-state index contributed by atoms with van der Waals surface area (Å²) in [6.45, 7) is 4.30. The van der Waals surface area contributed by atoms with Crippen LogP contribution < -0.4 is 5.32 Å². The van der Waals surface area contributed by atoms with E-state index < -0.39 is 0 Å². The van der Waals surface area contributed by atoms with Gasteiger partial charge >= 0.3 is 0 Å². The Morgan fingerprint density at radius 2 is 1.81 bits per heavy atom. The van der Waals surface area contributed by atoms with Crippen molar-refractivity contribution in [1.82, 2.24) is 0 Å². The summed E-state index contributed by atoms with van der Waals surface area (Å²) in [6.07, 6.45) is 3.18. The van der Waals surface area contributed by atoms with Gasteiger partial charge in [0, 0.05) is 15.7 Å². The molecule has 2 N–H and O–H groups in total. The molecule has 1 atom stereocenters. The van der Waals surface area contributed by atoms with Crippen molar-refractivity contribution in [3.63, 3.8) is 0 Å². The Balaban J connectivity index is 2.16. The van der Waals surface area contributed by atoms with Gasteiger partial charge < -0.3 is 10.4 Å². The molecule has 0 heterocycles. The standard InChI is InChI=1S/C18H22BrNO/c1-3-5-13-6-9-15(10-7-13)20-17(4-2)16-12-14(19)8-11-18(16)21/h6-12,17,20-21H,3-5H2,1-2H3. The first-order valence-electron chi connectivity index (χ1n) is 7.48. The van der Waals surface area contributed by atoms with Crippen molar-refractivity contribution in [2.24, 2.45) is 0 Å². The zero-order valence-corrected chi connectivity index (χ0v) is 14.2. The van der Waals surface area contributed by atoms with E-state index in [2.05, 4.69) is 59.4 Å². The van der Waals surface area contributed by atoms with E-state index in [9.17, 15) is 5.11 Å². The minimum atomic E-state index is 0.0968. The van der Waals surface area contributed by atoms with Crippen LogP contribution in [0.15, 0.2) is 46.9 Å². The van der Waals surface area contributed by atoms with E-state index in [1.807, 2.05) is 12.1 Å².